The van der Waals surface area contributed by atoms with Gasteiger partial charge in [-0.25, -0.2) is 0 Å². The summed E-state index contributed by atoms with van der Waals surface area (Å²) in [6.45, 7) is 7.94. The van der Waals surface area contributed by atoms with Gasteiger partial charge in [0.25, 0.3) is 10.2 Å². The molecule has 0 amide bonds. The summed E-state index contributed by atoms with van der Waals surface area (Å²) >= 11 is 0. The predicted octanol–water partition coefficient (Wildman–Crippen LogP) is 0.632. The Morgan fingerprint density at radius 3 is 2.47 bits per heavy atom. The summed E-state index contributed by atoms with van der Waals surface area (Å²) in [6.07, 6.45) is 1.94. The lowest BCUT2D eigenvalue weighted by Crippen LogP contribution is -2.50. The second-order valence-electron chi connectivity index (χ2n) is 4.71. The molecule has 0 saturated carbocycles. The van der Waals surface area contributed by atoms with Crippen molar-refractivity contribution in [3.05, 3.63) is 0 Å². The molecule has 2 unspecified atom stereocenters. The Bertz CT molecular complexity index is 326. The zero-order valence-electron chi connectivity index (χ0n) is 11.1. The van der Waals surface area contributed by atoms with Crippen LogP contribution in [0.1, 0.15) is 33.6 Å². The summed E-state index contributed by atoms with van der Waals surface area (Å²) in [4.78, 5) is 0. The summed E-state index contributed by atoms with van der Waals surface area (Å²) in [6, 6.07) is 0.0599. The molecule has 1 fully saturated rings. The first-order valence-electron chi connectivity index (χ1n) is 6.44. The number of nitrogens with zero attached hydrogens (tertiary/aromatic N) is 2. The van der Waals surface area contributed by atoms with Crippen LogP contribution < -0.4 is 5.73 Å². The second kappa shape index (κ2) is 6.13. The molecule has 17 heavy (non-hydrogen) atoms. The van der Waals surface area contributed by atoms with E-state index in [4.69, 9.17) is 5.73 Å². The van der Waals surface area contributed by atoms with Gasteiger partial charge in [-0.15, -0.1) is 0 Å². The minimum absolute atomic E-state index is 0.0599. The van der Waals surface area contributed by atoms with E-state index in [9.17, 15) is 8.42 Å². The number of nitrogens with two attached hydrogens (primary N) is 1. The molecule has 0 aromatic rings. The standard InChI is InChI=1S/C11H25N3O2S/c1-4-13(5-2)17(15,16)14-8-6-7-11(9-14)10(3)12/h10-11H,4-9,12H2,1-3H3. The molecule has 1 aliphatic heterocycles. The Balaban J connectivity index is 2.78. The molecule has 0 aromatic carbocycles. The van der Waals surface area contributed by atoms with Gasteiger partial charge in [0.1, 0.15) is 0 Å². The van der Waals surface area contributed by atoms with Gasteiger partial charge in [0.15, 0.2) is 0 Å². The van der Waals surface area contributed by atoms with Crippen molar-refractivity contribution >= 4 is 10.2 Å². The number of hydrogen-bond donors (Lipinski definition) is 1. The normalized spacial score (nSPS) is 25.1. The minimum Gasteiger partial charge on any atom is -0.328 e. The lowest BCUT2D eigenvalue weighted by Gasteiger charge is -2.36. The van der Waals surface area contributed by atoms with Crippen LogP contribution in [0.2, 0.25) is 0 Å². The summed E-state index contributed by atoms with van der Waals surface area (Å²) in [5, 5.41) is 0. The third kappa shape index (κ3) is 3.40. The average molecular weight is 263 g/mol. The molecule has 1 saturated heterocycles. The van der Waals surface area contributed by atoms with E-state index in [0.29, 0.717) is 26.2 Å². The zero-order chi connectivity index (χ0) is 13.1. The molecular weight excluding hydrogens is 238 g/mol. The summed E-state index contributed by atoms with van der Waals surface area (Å²) < 4.78 is 27.8. The first-order chi connectivity index (χ1) is 7.93. The van der Waals surface area contributed by atoms with Gasteiger partial charge in [0.05, 0.1) is 0 Å². The Labute approximate surface area is 105 Å². The third-order valence-corrected chi connectivity index (χ3v) is 5.68. The molecule has 0 aliphatic carbocycles. The monoisotopic (exact) mass is 263 g/mol. The Morgan fingerprint density at radius 2 is 2.00 bits per heavy atom. The Morgan fingerprint density at radius 1 is 1.41 bits per heavy atom. The van der Waals surface area contributed by atoms with E-state index in [1.54, 1.807) is 4.31 Å². The molecular formula is C11H25N3O2S. The van der Waals surface area contributed by atoms with Gasteiger partial charge >= 0.3 is 0 Å². The smallest absolute Gasteiger partial charge is 0.281 e. The van der Waals surface area contributed by atoms with E-state index in [0.717, 1.165) is 12.8 Å². The van der Waals surface area contributed by atoms with Crippen molar-refractivity contribution in [2.24, 2.45) is 11.7 Å². The highest BCUT2D eigenvalue weighted by Crippen LogP contribution is 2.22. The zero-order valence-corrected chi connectivity index (χ0v) is 11.9. The Kier molecular flexibility index (Phi) is 5.37. The molecule has 2 N–H and O–H groups in total. The number of hydrogen-bond acceptors (Lipinski definition) is 3. The molecule has 0 radical (unpaired) electrons. The van der Waals surface area contributed by atoms with Crippen LogP contribution in [0.3, 0.4) is 0 Å². The van der Waals surface area contributed by atoms with Crippen molar-refractivity contribution < 1.29 is 8.42 Å². The molecule has 0 aromatic heterocycles. The van der Waals surface area contributed by atoms with Crippen LogP contribution in [-0.4, -0.2) is 49.2 Å². The molecule has 0 spiro atoms. The highest BCUT2D eigenvalue weighted by atomic mass is 32.2. The van der Waals surface area contributed by atoms with Crippen LogP contribution in [0.25, 0.3) is 0 Å². The maximum absolute atomic E-state index is 12.3. The molecule has 2 atom stereocenters. The minimum atomic E-state index is -3.28. The van der Waals surface area contributed by atoms with Gasteiger partial charge in [-0.1, -0.05) is 13.8 Å². The van der Waals surface area contributed by atoms with Gasteiger partial charge in [0, 0.05) is 32.2 Å². The van der Waals surface area contributed by atoms with Crippen LogP contribution >= 0.6 is 0 Å². The first-order valence-corrected chi connectivity index (χ1v) is 7.84. The van der Waals surface area contributed by atoms with Crippen LogP contribution in [0.5, 0.6) is 0 Å². The molecule has 1 rings (SSSR count). The lowest BCUT2D eigenvalue weighted by atomic mass is 9.93. The predicted molar refractivity (Wildman–Crippen MR) is 69.8 cm³/mol. The quantitative estimate of drug-likeness (QED) is 0.791. The van der Waals surface area contributed by atoms with Gasteiger partial charge in [-0.2, -0.15) is 17.0 Å². The van der Waals surface area contributed by atoms with E-state index in [2.05, 4.69) is 0 Å². The first kappa shape index (κ1) is 14.9. The fraction of sp³-hybridized carbons (Fsp3) is 1.00. The summed E-state index contributed by atoms with van der Waals surface area (Å²) in [7, 11) is -3.28. The maximum Gasteiger partial charge on any atom is 0.281 e. The molecule has 102 valence electrons. The van der Waals surface area contributed by atoms with Crippen molar-refractivity contribution in [2.75, 3.05) is 26.2 Å². The van der Waals surface area contributed by atoms with Gasteiger partial charge in [-0.3, -0.25) is 0 Å². The lowest BCUT2D eigenvalue weighted by molar-refractivity contribution is 0.229. The SMILES string of the molecule is CCN(CC)S(=O)(=O)N1CCCC(C(C)N)C1. The van der Waals surface area contributed by atoms with Crippen LogP contribution in [0.4, 0.5) is 0 Å². The van der Waals surface area contributed by atoms with Crippen molar-refractivity contribution in [2.45, 2.75) is 39.7 Å². The third-order valence-electron chi connectivity index (χ3n) is 3.52. The molecule has 0 bridgehead atoms. The molecule has 6 heteroatoms. The van der Waals surface area contributed by atoms with Crippen molar-refractivity contribution in [1.82, 2.24) is 8.61 Å². The van der Waals surface area contributed by atoms with Gasteiger partial charge in [-0.05, 0) is 25.7 Å². The van der Waals surface area contributed by atoms with Crippen LogP contribution in [0.15, 0.2) is 0 Å². The maximum atomic E-state index is 12.3. The highest BCUT2D eigenvalue weighted by molar-refractivity contribution is 7.86. The number of rotatable bonds is 5. The van der Waals surface area contributed by atoms with Crippen molar-refractivity contribution in [3.8, 4) is 0 Å². The van der Waals surface area contributed by atoms with E-state index in [1.807, 2.05) is 20.8 Å². The molecule has 5 nitrogen and oxygen atoms in total. The van der Waals surface area contributed by atoms with Crippen molar-refractivity contribution in [1.29, 1.82) is 0 Å². The number of piperidine rings is 1. The fourth-order valence-electron chi connectivity index (χ4n) is 2.33. The average Bonchev–Trinajstić information content (AvgIpc) is 2.30. The molecule has 1 aliphatic rings. The van der Waals surface area contributed by atoms with E-state index >= 15 is 0 Å². The van der Waals surface area contributed by atoms with Crippen molar-refractivity contribution in [3.63, 3.8) is 0 Å². The van der Waals surface area contributed by atoms with Crippen LogP contribution in [0, 0.1) is 5.92 Å². The van der Waals surface area contributed by atoms with E-state index in [1.165, 1.54) is 4.31 Å². The summed E-state index contributed by atoms with van der Waals surface area (Å²) in [5.41, 5.74) is 5.88. The van der Waals surface area contributed by atoms with E-state index in [-0.39, 0.29) is 12.0 Å². The Hall–Kier alpha value is -0.170. The highest BCUT2D eigenvalue weighted by Gasteiger charge is 2.33. The molecule has 1 heterocycles. The van der Waals surface area contributed by atoms with E-state index < -0.39 is 10.2 Å². The second-order valence-corrected chi connectivity index (χ2v) is 6.64. The fourth-order valence-corrected chi connectivity index (χ4v) is 4.04. The van der Waals surface area contributed by atoms with Gasteiger partial charge in [0.2, 0.25) is 0 Å². The summed E-state index contributed by atoms with van der Waals surface area (Å²) in [5.74, 6) is 0.286. The topological polar surface area (TPSA) is 66.6 Å². The largest absolute Gasteiger partial charge is 0.328 e. The van der Waals surface area contributed by atoms with Gasteiger partial charge < -0.3 is 5.73 Å². The van der Waals surface area contributed by atoms with Crippen LogP contribution in [-0.2, 0) is 10.2 Å².